The number of aliphatic carboxylic acids is 1. The third kappa shape index (κ3) is 3.38. The Morgan fingerprint density at radius 2 is 2.06 bits per heavy atom. The molecule has 33 heavy (non-hydrogen) atoms. The number of carboxylic acids is 1. The Bertz CT molecular complexity index is 1010. The molecule has 3 aliphatic heterocycles. The van der Waals surface area contributed by atoms with Crippen LogP contribution in [0.2, 0.25) is 0 Å². The van der Waals surface area contributed by atoms with Gasteiger partial charge in [-0.05, 0) is 57.2 Å². The number of nitrogens with zero attached hydrogens (tertiary/aromatic N) is 2. The molecule has 0 aromatic heterocycles. The summed E-state index contributed by atoms with van der Waals surface area (Å²) in [6.07, 6.45) is 2.83. The fourth-order valence-electron chi connectivity index (χ4n) is 6.16. The highest BCUT2D eigenvalue weighted by Gasteiger charge is 2.78. The number of aliphatic hydroxyl groups is 1. The maximum Gasteiger partial charge on any atom is 0.310 e. The lowest BCUT2D eigenvalue weighted by Crippen LogP contribution is -2.56. The van der Waals surface area contributed by atoms with Crippen LogP contribution in [0.1, 0.15) is 37.3 Å². The average Bonchev–Trinajstić information content (AvgIpc) is 3.32. The molecule has 3 aliphatic rings. The van der Waals surface area contributed by atoms with Crippen molar-refractivity contribution in [3.8, 4) is 0 Å². The molecule has 3 fully saturated rings. The highest BCUT2D eigenvalue weighted by atomic mass is 16.5. The topological polar surface area (TPSA) is 107 Å². The number of carbonyl (C=O) groups is 3. The molecule has 178 valence electrons. The van der Waals surface area contributed by atoms with Crippen LogP contribution in [0.15, 0.2) is 30.9 Å². The third-order valence-electron chi connectivity index (χ3n) is 7.57. The first-order valence-corrected chi connectivity index (χ1v) is 11.4. The number of rotatable bonds is 8. The molecule has 3 saturated heterocycles. The van der Waals surface area contributed by atoms with Gasteiger partial charge in [-0.2, -0.15) is 0 Å². The zero-order valence-corrected chi connectivity index (χ0v) is 19.4. The van der Waals surface area contributed by atoms with Crippen LogP contribution in [0.25, 0.3) is 0 Å². The van der Waals surface area contributed by atoms with E-state index in [4.69, 9.17) is 4.74 Å². The molecule has 8 nitrogen and oxygen atoms in total. The lowest BCUT2D eigenvalue weighted by molar-refractivity contribution is -0.154. The largest absolute Gasteiger partial charge is 0.481 e. The summed E-state index contributed by atoms with van der Waals surface area (Å²) >= 11 is 0. The van der Waals surface area contributed by atoms with Crippen molar-refractivity contribution < 1.29 is 29.3 Å². The van der Waals surface area contributed by atoms with Crippen LogP contribution in [0, 0.1) is 25.7 Å². The second-order valence-corrected chi connectivity index (χ2v) is 9.70. The number of carbonyl (C=O) groups excluding carboxylic acids is 2. The molecule has 2 unspecified atom stereocenters. The van der Waals surface area contributed by atoms with E-state index in [1.54, 1.807) is 17.9 Å². The molecular weight excluding hydrogens is 424 g/mol. The van der Waals surface area contributed by atoms with Crippen molar-refractivity contribution in [2.24, 2.45) is 11.8 Å². The molecule has 5 atom stereocenters. The molecule has 2 N–H and O–H groups in total. The second-order valence-electron chi connectivity index (χ2n) is 9.70. The standard InChI is InChI=1S/C25H32N2O6/c1-5-11-26(17-14-15(2)7-8-16(17)3)22(30)20-25-10-9-24(4,33-25)19(23(31)32)18(25)21(29)27(20)12-6-13-28/h5,7-8,14,18-20,28H,1,6,9-13H2,2-4H3,(H,31,32)/t18-,19-,20?,24+,25?/m0/s1. The van der Waals surface area contributed by atoms with Crippen LogP contribution >= 0.6 is 0 Å². The van der Waals surface area contributed by atoms with Crippen molar-refractivity contribution in [1.82, 2.24) is 4.90 Å². The molecular formula is C25H32N2O6. The predicted octanol–water partition coefficient (Wildman–Crippen LogP) is 2.05. The number of amides is 2. The van der Waals surface area contributed by atoms with Crippen LogP contribution in [0.3, 0.4) is 0 Å². The normalized spacial score (nSPS) is 32.2. The van der Waals surface area contributed by atoms with Gasteiger partial charge in [-0.15, -0.1) is 6.58 Å². The number of anilines is 1. The fraction of sp³-hybridized carbons (Fsp3) is 0.560. The number of fused-ring (bicyclic) bond motifs is 1. The summed E-state index contributed by atoms with van der Waals surface area (Å²) in [6, 6.07) is 4.87. The van der Waals surface area contributed by atoms with Gasteiger partial charge < -0.3 is 24.7 Å². The number of aliphatic hydroxyl groups excluding tert-OH is 1. The molecule has 0 aliphatic carbocycles. The van der Waals surface area contributed by atoms with Gasteiger partial charge in [0, 0.05) is 25.4 Å². The van der Waals surface area contributed by atoms with Crippen molar-refractivity contribution in [2.75, 3.05) is 24.6 Å². The zero-order chi connectivity index (χ0) is 24.1. The van der Waals surface area contributed by atoms with Crippen LogP contribution in [0.5, 0.6) is 0 Å². The van der Waals surface area contributed by atoms with E-state index in [9.17, 15) is 24.6 Å². The quantitative estimate of drug-likeness (QED) is 0.580. The zero-order valence-electron chi connectivity index (χ0n) is 19.4. The van der Waals surface area contributed by atoms with Crippen LogP contribution < -0.4 is 4.90 Å². The van der Waals surface area contributed by atoms with Crippen LogP contribution in [-0.2, 0) is 19.1 Å². The highest BCUT2D eigenvalue weighted by Crippen LogP contribution is 2.63. The molecule has 2 bridgehead atoms. The Balaban J connectivity index is 1.83. The number of aryl methyl sites for hydroxylation is 2. The Hall–Kier alpha value is -2.71. The second kappa shape index (κ2) is 8.25. The Morgan fingerprint density at radius 1 is 1.33 bits per heavy atom. The smallest absolute Gasteiger partial charge is 0.310 e. The molecule has 1 spiro atoms. The van der Waals surface area contributed by atoms with Crippen molar-refractivity contribution in [2.45, 2.75) is 57.3 Å². The lowest BCUT2D eigenvalue weighted by atomic mass is 9.66. The van der Waals surface area contributed by atoms with Gasteiger partial charge in [0.25, 0.3) is 5.91 Å². The summed E-state index contributed by atoms with van der Waals surface area (Å²) in [5, 5.41) is 19.4. The van der Waals surface area contributed by atoms with Gasteiger partial charge in [-0.3, -0.25) is 14.4 Å². The average molecular weight is 457 g/mol. The van der Waals surface area contributed by atoms with E-state index < -0.39 is 35.0 Å². The van der Waals surface area contributed by atoms with E-state index >= 15 is 0 Å². The van der Waals surface area contributed by atoms with E-state index in [1.807, 2.05) is 32.0 Å². The Kier molecular flexibility index (Phi) is 5.87. The van der Waals surface area contributed by atoms with E-state index in [1.165, 1.54) is 4.90 Å². The first-order chi connectivity index (χ1) is 15.6. The lowest BCUT2D eigenvalue weighted by Gasteiger charge is -2.37. The van der Waals surface area contributed by atoms with Gasteiger partial charge >= 0.3 is 5.97 Å². The van der Waals surface area contributed by atoms with Gasteiger partial charge in [0.1, 0.15) is 11.6 Å². The number of carboxylic acid groups (broad SMARTS) is 1. The summed E-state index contributed by atoms with van der Waals surface area (Å²) in [6.45, 7) is 9.66. The third-order valence-corrected chi connectivity index (χ3v) is 7.57. The summed E-state index contributed by atoms with van der Waals surface area (Å²) < 4.78 is 6.40. The molecule has 1 aromatic carbocycles. The fourth-order valence-corrected chi connectivity index (χ4v) is 6.16. The molecule has 0 saturated carbocycles. The van der Waals surface area contributed by atoms with Gasteiger partial charge in [0.15, 0.2) is 0 Å². The van der Waals surface area contributed by atoms with Gasteiger partial charge in [0.05, 0.1) is 17.4 Å². The van der Waals surface area contributed by atoms with E-state index in [0.717, 1.165) is 16.8 Å². The molecule has 1 aromatic rings. The maximum absolute atomic E-state index is 14.2. The summed E-state index contributed by atoms with van der Waals surface area (Å²) in [7, 11) is 0. The number of hydrogen-bond donors (Lipinski definition) is 2. The van der Waals surface area contributed by atoms with E-state index in [-0.39, 0.29) is 37.9 Å². The molecule has 4 rings (SSSR count). The number of likely N-dealkylation sites (tertiary alicyclic amines) is 1. The molecule has 8 heteroatoms. The van der Waals surface area contributed by atoms with Crippen molar-refractivity contribution in [3.05, 3.63) is 42.0 Å². The first-order valence-electron chi connectivity index (χ1n) is 11.4. The summed E-state index contributed by atoms with van der Waals surface area (Å²) in [5.41, 5.74) is 0.435. The number of ether oxygens (including phenoxy) is 1. The SMILES string of the molecule is C=CCN(C(=O)C1N(CCCO)C(=O)[C@@H]2[C@@H](C(=O)O)[C@@]3(C)CCC12O3)c1cc(C)ccc1C. The van der Waals surface area contributed by atoms with E-state index in [0.29, 0.717) is 12.8 Å². The monoisotopic (exact) mass is 456 g/mol. The van der Waals surface area contributed by atoms with Crippen molar-refractivity contribution in [1.29, 1.82) is 0 Å². The highest BCUT2D eigenvalue weighted by molar-refractivity contribution is 6.05. The van der Waals surface area contributed by atoms with Crippen LogP contribution in [0.4, 0.5) is 5.69 Å². The van der Waals surface area contributed by atoms with Gasteiger partial charge in [-0.25, -0.2) is 0 Å². The summed E-state index contributed by atoms with van der Waals surface area (Å²) in [5.74, 6) is -3.71. The molecule has 2 amide bonds. The minimum atomic E-state index is -1.20. The van der Waals surface area contributed by atoms with Gasteiger partial charge in [-0.1, -0.05) is 18.2 Å². The minimum Gasteiger partial charge on any atom is -0.481 e. The minimum absolute atomic E-state index is 0.142. The molecule has 3 heterocycles. The Morgan fingerprint density at radius 3 is 2.70 bits per heavy atom. The number of hydrogen-bond acceptors (Lipinski definition) is 5. The van der Waals surface area contributed by atoms with Crippen molar-refractivity contribution >= 4 is 23.5 Å². The predicted molar refractivity (Wildman–Crippen MR) is 122 cm³/mol. The first kappa shape index (κ1) is 23.4. The summed E-state index contributed by atoms with van der Waals surface area (Å²) in [4.78, 5) is 43.1. The van der Waals surface area contributed by atoms with E-state index in [2.05, 4.69) is 6.58 Å². The van der Waals surface area contributed by atoms with Crippen molar-refractivity contribution in [3.63, 3.8) is 0 Å². The maximum atomic E-state index is 14.2. The number of benzene rings is 1. The molecule has 0 radical (unpaired) electrons. The Labute approximate surface area is 193 Å². The van der Waals surface area contributed by atoms with Gasteiger partial charge in [0.2, 0.25) is 5.91 Å². The van der Waals surface area contributed by atoms with Crippen LogP contribution in [-0.4, -0.2) is 69.8 Å².